The van der Waals surface area contributed by atoms with Crippen molar-refractivity contribution >= 4 is 22.1 Å². The third-order valence-corrected chi connectivity index (χ3v) is 3.26. The second kappa shape index (κ2) is 3.45. The summed E-state index contributed by atoms with van der Waals surface area (Å²) in [6, 6.07) is 9.73. The second-order valence-corrected chi connectivity index (χ2v) is 4.24. The molecule has 0 unspecified atom stereocenters. The lowest BCUT2D eigenvalue weighted by Gasteiger charge is -2.17. The average molecular weight is 224 g/mol. The van der Waals surface area contributed by atoms with Gasteiger partial charge in [0.25, 0.3) is 0 Å². The molecule has 0 N–H and O–H groups in total. The minimum Gasteiger partial charge on any atom is -0.496 e. The zero-order chi connectivity index (χ0) is 12.0. The Morgan fingerprint density at radius 3 is 2.65 bits per heavy atom. The van der Waals surface area contributed by atoms with Gasteiger partial charge in [0.1, 0.15) is 5.75 Å². The Bertz CT molecular complexity index is 666. The van der Waals surface area contributed by atoms with Gasteiger partial charge in [-0.25, -0.2) is 0 Å². The number of allylic oxidation sites excluding steroid dienone is 2. The van der Waals surface area contributed by atoms with E-state index in [1.807, 2.05) is 37.3 Å². The summed E-state index contributed by atoms with van der Waals surface area (Å²) in [5.74, 6) is 0.891. The van der Waals surface area contributed by atoms with Crippen LogP contribution < -0.4 is 4.74 Å². The zero-order valence-electron chi connectivity index (χ0n) is 9.78. The van der Waals surface area contributed by atoms with E-state index in [1.165, 1.54) is 0 Å². The molecule has 0 aliphatic heterocycles. The molecule has 17 heavy (non-hydrogen) atoms. The van der Waals surface area contributed by atoms with E-state index in [2.05, 4.69) is 0 Å². The molecule has 0 fully saturated rings. The van der Waals surface area contributed by atoms with E-state index in [4.69, 9.17) is 4.74 Å². The van der Waals surface area contributed by atoms with Gasteiger partial charge in [-0.05, 0) is 36.3 Å². The van der Waals surface area contributed by atoms with Gasteiger partial charge >= 0.3 is 0 Å². The number of rotatable bonds is 1. The fourth-order valence-corrected chi connectivity index (χ4v) is 2.44. The van der Waals surface area contributed by atoms with E-state index in [9.17, 15) is 4.79 Å². The number of hydrogen-bond acceptors (Lipinski definition) is 2. The fourth-order valence-electron chi connectivity index (χ4n) is 2.44. The molecule has 0 spiro atoms. The Labute approximate surface area is 99.5 Å². The molecule has 0 aromatic heterocycles. The zero-order valence-corrected chi connectivity index (χ0v) is 9.78. The highest BCUT2D eigenvalue weighted by molar-refractivity contribution is 6.22. The molecular weight excluding hydrogens is 212 g/mol. The lowest BCUT2D eigenvalue weighted by atomic mass is 9.88. The fraction of sp³-hybridized carbons (Fsp3) is 0.133. The minimum absolute atomic E-state index is 0.0776. The average Bonchev–Trinajstić information content (AvgIpc) is 2.35. The van der Waals surface area contributed by atoms with Crippen LogP contribution in [-0.2, 0) is 0 Å². The third-order valence-electron chi connectivity index (χ3n) is 3.26. The first kappa shape index (κ1) is 10.1. The van der Waals surface area contributed by atoms with Crippen LogP contribution in [0, 0.1) is 0 Å². The van der Waals surface area contributed by atoms with Crippen molar-refractivity contribution in [3.8, 4) is 5.75 Å². The molecule has 2 aromatic rings. The highest BCUT2D eigenvalue weighted by atomic mass is 16.5. The number of carbonyl (C=O) groups is 1. The third kappa shape index (κ3) is 1.30. The minimum atomic E-state index is 0.0776. The summed E-state index contributed by atoms with van der Waals surface area (Å²) in [4.78, 5) is 12.0. The molecular formula is C15H12O2. The summed E-state index contributed by atoms with van der Waals surface area (Å²) in [7, 11) is 1.65. The molecule has 84 valence electrons. The number of carbonyl (C=O) groups excluding carboxylic acids is 1. The predicted octanol–water partition coefficient (Wildman–Crippen LogP) is 3.45. The number of methoxy groups -OCH3 is 1. The largest absolute Gasteiger partial charge is 0.496 e. The van der Waals surface area contributed by atoms with Crippen molar-refractivity contribution in [2.24, 2.45) is 0 Å². The van der Waals surface area contributed by atoms with Gasteiger partial charge in [-0.1, -0.05) is 18.2 Å². The Kier molecular flexibility index (Phi) is 2.05. The van der Waals surface area contributed by atoms with Gasteiger partial charge in [-0.15, -0.1) is 0 Å². The number of benzene rings is 2. The molecule has 1 aliphatic rings. The lowest BCUT2D eigenvalue weighted by Crippen LogP contribution is -2.04. The van der Waals surface area contributed by atoms with E-state index >= 15 is 0 Å². The maximum Gasteiger partial charge on any atom is 0.186 e. The molecule has 3 rings (SSSR count). The monoisotopic (exact) mass is 224 g/mol. The first-order chi connectivity index (χ1) is 8.22. The molecule has 0 bridgehead atoms. The van der Waals surface area contributed by atoms with Crippen LogP contribution >= 0.6 is 0 Å². The Morgan fingerprint density at radius 2 is 1.88 bits per heavy atom. The summed E-state index contributed by atoms with van der Waals surface area (Å²) in [5, 5.41) is 2.01. The highest BCUT2D eigenvalue weighted by Gasteiger charge is 2.19. The van der Waals surface area contributed by atoms with Gasteiger partial charge in [0, 0.05) is 16.3 Å². The van der Waals surface area contributed by atoms with Gasteiger partial charge in [0.05, 0.1) is 7.11 Å². The molecule has 0 atom stereocenters. The van der Waals surface area contributed by atoms with Crippen LogP contribution in [0.15, 0.2) is 36.4 Å². The van der Waals surface area contributed by atoms with Crippen LogP contribution in [0.25, 0.3) is 16.3 Å². The van der Waals surface area contributed by atoms with Gasteiger partial charge in [-0.2, -0.15) is 0 Å². The van der Waals surface area contributed by atoms with Crippen molar-refractivity contribution in [1.29, 1.82) is 0 Å². The van der Waals surface area contributed by atoms with Gasteiger partial charge < -0.3 is 4.74 Å². The summed E-state index contributed by atoms with van der Waals surface area (Å²) in [6.07, 6.45) is 1.70. The standard InChI is InChI=1S/C15H12O2/c1-9-8-13(16)11-6-7-14(17-2)12-5-3-4-10(9)15(11)12/h3-8H,1-2H3. The predicted molar refractivity (Wildman–Crippen MR) is 68.5 cm³/mol. The van der Waals surface area contributed by atoms with Crippen LogP contribution in [-0.4, -0.2) is 12.9 Å². The normalized spacial score (nSPS) is 13.8. The molecule has 0 saturated carbocycles. The Hall–Kier alpha value is -2.09. The van der Waals surface area contributed by atoms with Crippen molar-refractivity contribution in [1.82, 2.24) is 0 Å². The summed E-state index contributed by atoms with van der Waals surface area (Å²) in [5.41, 5.74) is 2.90. The number of hydrogen-bond donors (Lipinski definition) is 0. The van der Waals surface area contributed by atoms with Crippen LogP contribution in [0.4, 0.5) is 0 Å². The SMILES string of the molecule is COc1ccc2c3c(cccc13)C(C)=CC2=O. The molecule has 2 heteroatoms. The maximum absolute atomic E-state index is 12.0. The first-order valence-electron chi connectivity index (χ1n) is 5.55. The molecule has 1 aliphatic carbocycles. The van der Waals surface area contributed by atoms with E-state index in [0.717, 1.165) is 33.2 Å². The van der Waals surface area contributed by atoms with Crippen molar-refractivity contribution < 1.29 is 9.53 Å². The van der Waals surface area contributed by atoms with Crippen LogP contribution in [0.5, 0.6) is 5.75 Å². The summed E-state index contributed by atoms with van der Waals surface area (Å²) < 4.78 is 5.35. The van der Waals surface area contributed by atoms with Crippen LogP contribution in [0.2, 0.25) is 0 Å². The Balaban J connectivity index is 2.52. The molecule has 0 amide bonds. The highest BCUT2D eigenvalue weighted by Crippen LogP contribution is 2.36. The maximum atomic E-state index is 12.0. The van der Waals surface area contributed by atoms with Gasteiger partial charge in [0.15, 0.2) is 5.78 Å². The summed E-state index contributed by atoms with van der Waals surface area (Å²) in [6.45, 7) is 1.97. The van der Waals surface area contributed by atoms with Crippen molar-refractivity contribution in [3.05, 3.63) is 47.5 Å². The van der Waals surface area contributed by atoms with Gasteiger partial charge in [0.2, 0.25) is 0 Å². The van der Waals surface area contributed by atoms with Crippen molar-refractivity contribution in [3.63, 3.8) is 0 Å². The van der Waals surface area contributed by atoms with E-state index in [-0.39, 0.29) is 5.78 Å². The number of ether oxygens (including phenoxy) is 1. The molecule has 2 aromatic carbocycles. The van der Waals surface area contributed by atoms with E-state index in [1.54, 1.807) is 13.2 Å². The first-order valence-corrected chi connectivity index (χ1v) is 5.55. The molecule has 2 nitrogen and oxygen atoms in total. The van der Waals surface area contributed by atoms with E-state index < -0.39 is 0 Å². The van der Waals surface area contributed by atoms with Crippen LogP contribution in [0.1, 0.15) is 22.8 Å². The van der Waals surface area contributed by atoms with Crippen LogP contribution in [0.3, 0.4) is 0 Å². The summed E-state index contributed by atoms with van der Waals surface area (Å²) >= 11 is 0. The lowest BCUT2D eigenvalue weighted by molar-refractivity contribution is 0.104. The van der Waals surface area contributed by atoms with Gasteiger partial charge in [-0.3, -0.25) is 4.79 Å². The quantitative estimate of drug-likeness (QED) is 0.741. The molecule has 0 heterocycles. The molecule has 0 saturated heterocycles. The Morgan fingerprint density at radius 1 is 1.06 bits per heavy atom. The van der Waals surface area contributed by atoms with Crippen molar-refractivity contribution in [2.45, 2.75) is 6.92 Å². The van der Waals surface area contributed by atoms with E-state index in [0.29, 0.717) is 0 Å². The van der Waals surface area contributed by atoms with Crippen molar-refractivity contribution in [2.75, 3.05) is 7.11 Å². The smallest absolute Gasteiger partial charge is 0.186 e. The second-order valence-electron chi connectivity index (χ2n) is 4.24. The topological polar surface area (TPSA) is 26.3 Å². The number of ketones is 1. The molecule has 0 radical (unpaired) electrons.